The summed E-state index contributed by atoms with van der Waals surface area (Å²) < 4.78 is 0. The molecule has 1 N–H and O–H groups in total. The van der Waals surface area contributed by atoms with Gasteiger partial charge in [-0.2, -0.15) is 5.26 Å². The highest BCUT2D eigenvalue weighted by Crippen LogP contribution is 2.27. The topological polar surface area (TPSA) is 46.5 Å². The van der Waals surface area contributed by atoms with Crippen molar-refractivity contribution >= 4 is 5.97 Å². The average molecular weight is 208 g/mol. The number of carbonyl (C=O) groups excluding carboxylic acids is 1. The molecule has 15 heavy (non-hydrogen) atoms. The van der Waals surface area contributed by atoms with Crippen LogP contribution in [-0.4, -0.2) is 11.2 Å². The zero-order valence-electron chi connectivity index (χ0n) is 9.28. The Morgan fingerprint density at radius 3 is 2.67 bits per heavy atom. The first-order valence-corrected chi connectivity index (χ1v) is 4.97. The number of hydrogen-bond acceptors (Lipinski definition) is 3. The molecule has 0 unspecified atom stereocenters. The van der Waals surface area contributed by atoms with Crippen LogP contribution in [0.2, 0.25) is 0 Å². The van der Waals surface area contributed by atoms with Gasteiger partial charge in [0, 0.05) is 0 Å². The summed E-state index contributed by atoms with van der Waals surface area (Å²) in [5.41, 5.74) is 1.45. The molecule has 0 heterocycles. The number of carbonyl (C=O) groups is 1. The van der Waals surface area contributed by atoms with Crippen LogP contribution in [0.3, 0.4) is 0 Å². The Bertz CT molecular complexity index is 356. The SMILES string of the molecule is CCC(C)(C)c1cccc(C(=O)OO)c1. The molecular formula is C12H16O3. The fraction of sp³-hybridized carbons (Fsp3) is 0.417. The van der Waals surface area contributed by atoms with Crippen LogP contribution < -0.4 is 0 Å². The van der Waals surface area contributed by atoms with Crippen molar-refractivity contribution < 1.29 is 14.9 Å². The molecule has 0 bridgehead atoms. The van der Waals surface area contributed by atoms with Crippen LogP contribution in [-0.2, 0) is 10.3 Å². The Balaban J connectivity index is 3.08. The third-order valence-electron chi connectivity index (χ3n) is 2.85. The van der Waals surface area contributed by atoms with Crippen LogP contribution in [0.5, 0.6) is 0 Å². The Kier molecular flexibility index (Phi) is 3.48. The normalized spacial score (nSPS) is 11.2. The second kappa shape index (κ2) is 4.45. The minimum Gasteiger partial charge on any atom is -0.296 e. The highest BCUT2D eigenvalue weighted by atomic mass is 17.1. The van der Waals surface area contributed by atoms with E-state index in [2.05, 4.69) is 25.7 Å². The summed E-state index contributed by atoms with van der Waals surface area (Å²) >= 11 is 0. The number of rotatable bonds is 3. The van der Waals surface area contributed by atoms with Crippen molar-refractivity contribution in [3.63, 3.8) is 0 Å². The lowest BCUT2D eigenvalue weighted by Crippen LogP contribution is -2.16. The van der Waals surface area contributed by atoms with Gasteiger partial charge in [0.15, 0.2) is 0 Å². The Hall–Kier alpha value is -1.35. The van der Waals surface area contributed by atoms with Crippen molar-refractivity contribution in [2.24, 2.45) is 0 Å². The molecule has 1 aromatic carbocycles. The van der Waals surface area contributed by atoms with Gasteiger partial charge in [0.25, 0.3) is 0 Å². The van der Waals surface area contributed by atoms with Crippen molar-refractivity contribution in [2.45, 2.75) is 32.6 Å². The summed E-state index contributed by atoms with van der Waals surface area (Å²) in [7, 11) is 0. The van der Waals surface area contributed by atoms with Gasteiger partial charge in [-0.3, -0.25) is 4.89 Å². The fourth-order valence-corrected chi connectivity index (χ4v) is 1.32. The summed E-state index contributed by atoms with van der Waals surface area (Å²) in [5.74, 6) is -0.719. The summed E-state index contributed by atoms with van der Waals surface area (Å²) in [6.45, 7) is 6.31. The van der Waals surface area contributed by atoms with E-state index in [-0.39, 0.29) is 5.41 Å². The van der Waals surface area contributed by atoms with Gasteiger partial charge in [0.2, 0.25) is 0 Å². The zero-order valence-corrected chi connectivity index (χ0v) is 9.28. The van der Waals surface area contributed by atoms with Crippen LogP contribution in [0.1, 0.15) is 43.1 Å². The molecule has 0 saturated carbocycles. The van der Waals surface area contributed by atoms with Crippen molar-refractivity contribution in [1.29, 1.82) is 0 Å². The molecule has 0 aliphatic rings. The van der Waals surface area contributed by atoms with E-state index >= 15 is 0 Å². The van der Waals surface area contributed by atoms with E-state index < -0.39 is 5.97 Å². The summed E-state index contributed by atoms with van der Waals surface area (Å²) in [6.07, 6.45) is 0.977. The van der Waals surface area contributed by atoms with Crippen molar-refractivity contribution in [3.8, 4) is 0 Å². The maximum Gasteiger partial charge on any atom is 0.372 e. The first-order chi connectivity index (χ1) is 7.01. The maximum absolute atomic E-state index is 11.1. The number of benzene rings is 1. The zero-order chi connectivity index (χ0) is 11.5. The van der Waals surface area contributed by atoms with Crippen LogP contribution >= 0.6 is 0 Å². The molecule has 0 fully saturated rings. The minimum atomic E-state index is -0.719. The average Bonchev–Trinajstić information content (AvgIpc) is 2.28. The molecule has 0 radical (unpaired) electrons. The van der Waals surface area contributed by atoms with Gasteiger partial charge in [-0.1, -0.05) is 32.9 Å². The van der Waals surface area contributed by atoms with E-state index in [9.17, 15) is 4.79 Å². The van der Waals surface area contributed by atoms with Crippen LogP contribution in [0.15, 0.2) is 24.3 Å². The first-order valence-electron chi connectivity index (χ1n) is 4.97. The van der Waals surface area contributed by atoms with Crippen molar-refractivity contribution in [2.75, 3.05) is 0 Å². The fourth-order valence-electron chi connectivity index (χ4n) is 1.32. The molecule has 0 spiro atoms. The molecule has 0 aliphatic carbocycles. The molecule has 0 aliphatic heterocycles. The lowest BCUT2D eigenvalue weighted by molar-refractivity contribution is -0.182. The lowest BCUT2D eigenvalue weighted by Gasteiger charge is -2.23. The standard InChI is InChI=1S/C12H16O3/c1-4-12(2,3)10-7-5-6-9(8-10)11(13)15-14/h5-8,14H,4H2,1-3H3. The van der Waals surface area contributed by atoms with Crippen molar-refractivity contribution in [3.05, 3.63) is 35.4 Å². The van der Waals surface area contributed by atoms with Crippen LogP contribution in [0.25, 0.3) is 0 Å². The third-order valence-corrected chi connectivity index (χ3v) is 2.85. The quantitative estimate of drug-likeness (QED) is 0.613. The second-order valence-electron chi connectivity index (χ2n) is 4.20. The van der Waals surface area contributed by atoms with E-state index in [4.69, 9.17) is 5.26 Å². The third kappa shape index (κ3) is 2.57. The Morgan fingerprint density at radius 2 is 2.13 bits per heavy atom. The Labute approximate surface area is 89.6 Å². The lowest BCUT2D eigenvalue weighted by atomic mass is 9.82. The number of hydrogen-bond donors (Lipinski definition) is 1. The molecule has 0 atom stereocenters. The largest absolute Gasteiger partial charge is 0.372 e. The van der Waals surface area contributed by atoms with Gasteiger partial charge in [0.1, 0.15) is 0 Å². The molecule has 0 amide bonds. The molecule has 3 nitrogen and oxygen atoms in total. The van der Waals surface area contributed by atoms with Gasteiger partial charge in [-0.25, -0.2) is 4.79 Å². The smallest absolute Gasteiger partial charge is 0.296 e. The Morgan fingerprint density at radius 1 is 1.47 bits per heavy atom. The van der Waals surface area contributed by atoms with E-state index in [1.54, 1.807) is 18.2 Å². The molecule has 0 aromatic heterocycles. The summed E-state index contributed by atoms with van der Waals surface area (Å²) in [6, 6.07) is 7.13. The van der Waals surface area contributed by atoms with E-state index in [1.165, 1.54) is 0 Å². The summed E-state index contributed by atoms with van der Waals surface area (Å²) in [4.78, 5) is 14.8. The van der Waals surface area contributed by atoms with Gasteiger partial charge < -0.3 is 0 Å². The van der Waals surface area contributed by atoms with Gasteiger partial charge in [0.05, 0.1) is 5.56 Å². The van der Waals surface area contributed by atoms with E-state index in [1.807, 2.05) is 6.07 Å². The predicted octanol–water partition coefficient (Wildman–Crippen LogP) is 3.00. The van der Waals surface area contributed by atoms with Crippen molar-refractivity contribution in [1.82, 2.24) is 0 Å². The molecule has 1 rings (SSSR count). The van der Waals surface area contributed by atoms with Gasteiger partial charge >= 0.3 is 5.97 Å². The molecule has 82 valence electrons. The molecule has 1 aromatic rings. The minimum absolute atomic E-state index is 0.0196. The van der Waals surface area contributed by atoms with Gasteiger partial charge in [-0.15, -0.1) is 0 Å². The van der Waals surface area contributed by atoms with Gasteiger partial charge in [-0.05, 0) is 29.5 Å². The highest BCUT2D eigenvalue weighted by molar-refractivity contribution is 5.89. The predicted molar refractivity (Wildman–Crippen MR) is 57.8 cm³/mol. The maximum atomic E-state index is 11.1. The van der Waals surface area contributed by atoms with E-state index in [0.717, 1.165) is 12.0 Å². The second-order valence-corrected chi connectivity index (χ2v) is 4.20. The van der Waals surface area contributed by atoms with Crippen LogP contribution in [0, 0.1) is 0 Å². The molecular weight excluding hydrogens is 192 g/mol. The first kappa shape index (κ1) is 11.7. The monoisotopic (exact) mass is 208 g/mol. The van der Waals surface area contributed by atoms with Crippen LogP contribution in [0.4, 0.5) is 0 Å². The highest BCUT2D eigenvalue weighted by Gasteiger charge is 2.19. The molecule has 0 saturated heterocycles. The van der Waals surface area contributed by atoms with E-state index in [0.29, 0.717) is 5.56 Å². The summed E-state index contributed by atoms with van der Waals surface area (Å²) in [5, 5.41) is 8.29. The molecule has 3 heteroatoms.